The molecule has 0 fully saturated rings. The Labute approximate surface area is 557 Å². The second-order valence-corrected chi connectivity index (χ2v) is 28.1. The average molecular weight is 1250 g/mol. The van der Waals surface area contributed by atoms with Gasteiger partial charge in [-0.05, 0) is 83.5 Å². The molecule has 0 aliphatic carbocycles. The molecule has 0 aromatic heterocycles. The first-order chi connectivity index (χ1) is 44.0. The number of carbonyl (C=O) groups is 2. The summed E-state index contributed by atoms with van der Waals surface area (Å²) in [4.78, 5) is 24.7. The standard InChI is InChI=1S/C83H159NO5/c1-3-5-7-9-11-13-15-17-19-21-22-23-37-40-44-47-51-55-59-63-67-71-75-81(86)80(79-85)84-82(87)76-72-68-64-60-56-52-48-45-41-38-35-33-31-29-27-25-24-26-28-30-32-34-36-39-42-46-50-54-58-62-66-70-74-78-89-83(88)77-73-69-65-61-57-53-49-43-20-18-16-14-12-10-8-6-4-2/h18,20,28,30,34,36,80-81,85-86H,3-17,19,21-27,29,31-33,35,37-79H2,1-2H3,(H,84,87)/b20-18-,30-28-,36-34-. The van der Waals surface area contributed by atoms with Gasteiger partial charge in [-0.1, -0.05) is 397 Å². The van der Waals surface area contributed by atoms with Crippen LogP contribution in [0.2, 0.25) is 0 Å². The smallest absolute Gasteiger partial charge is 0.305 e. The first-order valence-electron chi connectivity index (χ1n) is 40.7. The number of aliphatic hydroxyl groups is 2. The Hall–Kier alpha value is -1.92. The van der Waals surface area contributed by atoms with Crippen LogP contribution in [0.15, 0.2) is 36.5 Å². The van der Waals surface area contributed by atoms with Gasteiger partial charge in [0.15, 0.2) is 0 Å². The molecule has 0 rings (SSSR count). The minimum absolute atomic E-state index is 0.0117. The summed E-state index contributed by atoms with van der Waals surface area (Å²) >= 11 is 0. The van der Waals surface area contributed by atoms with Gasteiger partial charge >= 0.3 is 5.97 Å². The third-order valence-electron chi connectivity index (χ3n) is 19.2. The number of allylic oxidation sites excluding steroid dienone is 6. The number of rotatable bonds is 77. The zero-order valence-electron chi connectivity index (χ0n) is 60.4. The van der Waals surface area contributed by atoms with Crippen molar-refractivity contribution < 1.29 is 24.5 Å². The van der Waals surface area contributed by atoms with Gasteiger partial charge in [-0.25, -0.2) is 0 Å². The lowest BCUT2D eigenvalue weighted by molar-refractivity contribution is -0.143. The fourth-order valence-electron chi connectivity index (χ4n) is 13.0. The van der Waals surface area contributed by atoms with E-state index in [4.69, 9.17) is 4.74 Å². The number of amides is 1. The summed E-state index contributed by atoms with van der Waals surface area (Å²) in [5, 5.41) is 23.5. The van der Waals surface area contributed by atoms with Crippen molar-refractivity contribution in [1.82, 2.24) is 5.32 Å². The highest BCUT2D eigenvalue weighted by Gasteiger charge is 2.20. The van der Waals surface area contributed by atoms with E-state index in [9.17, 15) is 19.8 Å². The monoisotopic (exact) mass is 1250 g/mol. The van der Waals surface area contributed by atoms with E-state index in [1.165, 1.54) is 372 Å². The summed E-state index contributed by atoms with van der Waals surface area (Å²) in [6.07, 6.45) is 102. The van der Waals surface area contributed by atoms with Crippen LogP contribution < -0.4 is 5.32 Å². The third kappa shape index (κ3) is 75.0. The fraction of sp³-hybridized carbons (Fsp3) is 0.904. The first-order valence-corrected chi connectivity index (χ1v) is 40.7. The Morgan fingerprint density at radius 2 is 0.562 bits per heavy atom. The number of hydrogen-bond donors (Lipinski definition) is 3. The number of hydrogen-bond acceptors (Lipinski definition) is 5. The lowest BCUT2D eigenvalue weighted by atomic mass is 10.0. The van der Waals surface area contributed by atoms with Crippen molar-refractivity contribution in [3.05, 3.63) is 36.5 Å². The van der Waals surface area contributed by atoms with Crippen molar-refractivity contribution in [2.75, 3.05) is 13.2 Å². The molecule has 0 heterocycles. The molecule has 0 bridgehead atoms. The lowest BCUT2D eigenvalue weighted by Crippen LogP contribution is -2.45. The van der Waals surface area contributed by atoms with Gasteiger partial charge in [-0.3, -0.25) is 9.59 Å². The van der Waals surface area contributed by atoms with Crippen molar-refractivity contribution in [2.45, 2.75) is 469 Å². The molecule has 0 saturated carbocycles. The molecule has 0 saturated heterocycles. The van der Waals surface area contributed by atoms with Crippen molar-refractivity contribution in [2.24, 2.45) is 0 Å². The molecule has 0 aromatic carbocycles. The van der Waals surface area contributed by atoms with Crippen LogP contribution in [-0.2, 0) is 14.3 Å². The molecule has 0 radical (unpaired) electrons. The molecule has 6 heteroatoms. The van der Waals surface area contributed by atoms with Crippen LogP contribution in [0.5, 0.6) is 0 Å². The minimum atomic E-state index is -0.665. The maximum absolute atomic E-state index is 12.6. The van der Waals surface area contributed by atoms with E-state index >= 15 is 0 Å². The molecule has 0 aromatic rings. The Morgan fingerprint density at radius 3 is 0.865 bits per heavy atom. The van der Waals surface area contributed by atoms with Crippen molar-refractivity contribution in [3.8, 4) is 0 Å². The summed E-state index contributed by atoms with van der Waals surface area (Å²) in [6, 6.07) is -0.542. The zero-order chi connectivity index (χ0) is 64.2. The first kappa shape index (κ1) is 87.1. The fourth-order valence-corrected chi connectivity index (χ4v) is 13.0. The molecule has 0 spiro atoms. The second kappa shape index (κ2) is 78.5. The number of esters is 1. The number of nitrogens with one attached hydrogen (secondary N) is 1. The normalized spacial score (nSPS) is 12.6. The maximum Gasteiger partial charge on any atom is 0.305 e. The van der Waals surface area contributed by atoms with Gasteiger partial charge in [-0.2, -0.15) is 0 Å². The number of ether oxygens (including phenoxy) is 1. The molecule has 3 N–H and O–H groups in total. The minimum Gasteiger partial charge on any atom is -0.466 e. The Kier molecular flexibility index (Phi) is 76.8. The van der Waals surface area contributed by atoms with Gasteiger partial charge in [-0.15, -0.1) is 0 Å². The predicted molar refractivity (Wildman–Crippen MR) is 393 cm³/mol. The topological polar surface area (TPSA) is 95.9 Å². The van der Waals surface area contributed by atoms with E-state index in [0.717, 1.165) is 51.4 Å². The van der Waals surface area contributed by atoms with Crippen LogP contribution in [0.25, 0.3) is 0 Å². The summed E-state index contributed by atoms with van der Waals surface area (Å²) in [6.45, 7) is 4.99. The average Bonchev–Trinajstić information content (AvgIpc) is 3.59. The largest absolute Gasteiger partial charge is 0.466 e. The second-order valence-electron chi connectivity index (χ2n) is 28.1. The molecule has 0 aliphatic heterocycles. The van der Waals surface area contributed by atoms with Crippen molar-refractivity contribution >= 4 is 11.9 Å². The molecule has 0 aliphatic rings. The quantitative estimate of drug-likeness (QED) is 0.0320. The maximum atomic E-state index is 12.6. The predicted octanol–water partition coefficient (Wildman–Crippen LogP) is 27.0. The summed E-state index contributed by atoms with van der Waals surface area (Å²) in [5.41, 5.74) is 0. The van der Waals surface area contributed by atoms with Crippen LogP contribution in [0.3, 0.4) is 0 Å². The molecule has 6 nitrogen and oxygen atoms in total. The third-order valence-corrected chi connectivity index (χ3v) is 19.2. The molecular weight excluding hydrogens is 1090 g/mol. The number of unbranched alkanes of at least 4 members (excludes halogenated alkanes) is 60. The highest BCUT2D eigenvalue weighted by molar-refractivity contribution is 5.76. The highest BCUT2D eigenvalue weighted by atomic mass is 16.5. The Bertz CT molecular complexity index is 1440. The lowest BCUT2D eigenvalue weighted by Gasteiger charge is -2.22. The summed E-state index contributed by atoms with van der Waals surface area (Å²) in [5.74, 6) is -0.0162. The Balaban J connectivity index is 3.38. The van der Waals surface area contributed by atoms with Gasteiger partial charge < -0.3 is 20.3 Å². The molecule has 526 valence electrons. The molecule has 2 atom stereocenters. The van der Waals surface area contributed by atoms with Crippen molar-refractivity contribution in [1.29, 1.82) is 0 Å². The highest BCUT2D eigenvalue weighted by Crippen LogP contribution is 2.20. The van der Waals surface area contributed by atoms with Gasteiger partial charge in [0, 0.05) is 12.8 Å². The molecule has 2 unspecified atom stereocenters. The van der Waals surface area contributed by atoms with E-state index in [-0.39, 0.29) is 18.5 Å². The van der Waals surface area contributed by atoms with Gasteiger partial charge in [0.1, 0.15) is 0 Å². The van der Waals surface area contributed by atoms with Crippen LogP contribution in [0.1, 0.15) is 457 Å². The van der Waals surface area contributed by atoms with E-state index in [0.29, 0.717) is 25.9 Å². The SMILES string of the molecule is CCCCCCCC/C=C\CCCCCCCCCC(=O)OCCCCCCCCCCC/C=C\C/C=C\CCCCCCCCCCCCCCCCCCCC(=O)NC(CO)C(O)CCCCCCCCCCCCCCCCCCCCCCCC. The van der Waals surface area contributed by atoms with E-state index < -0.39 is 12.1 Å². The van der Waals surface area contributed by atoms with Gasteiger partial charge in [0.25, 0.3) is 0 Å². The van der Waals surface area contributed by atoms with Crippen LogP contribution in [-0.4, -0.2) is 47.4 Å². The van der Waals surface area contributed by atoms with E-state index in [1.54, 1.807) is 0 Å². The van der Waals surface area contributed by atoms with E-state index in [2.05, 4.69) is 55.6 Å². The molecule has 1 amide bonds. The summed E-state index contributed by atoms with van der Waals surface area (Å²) < 4.78 is 5.50. The summed E-state index contributed by atoms with van der Waals surface area (Å²) in [7, 11) is 0. The van der Waals surface area contributed by atoms with Crippen LogP contribution in [0, 0.1) is 0 Å². The van der Waals surface area contributed by atoms with Crippen molar-refractivity contribution in [3.63, 3.8) is 0 Å². The molecule has 89 heavy (non-hydrogen) atoms. The number of aliphatic hydroxyl groups excluding tert-OH is 2. The van der Waals surface area contributed by atoms with Crippen LogP contribution in [0.4, 0.5) is 0 Å². The molecular formula is C83H159NO5. The number of carbonyl (C=O) groups excluding carboxylic acids is 2. The zero-order valence-corrected chi connectivity index (χ0v) is 60.4. The van der Waals surface area contributed by atoms with E-state index in [1.807, 2.05) is 0 Å². The van der Waals surface area contributed by atoms with Gasteiger partial charge in [0.2, 0.25) is 5.91 Å². The Morgan fingerprint density at radius 1 is 0.315 bits per heavy atom. The van der Waals surface area contributed by atoms with Crippen LogP contribution >= 0.6 is 0 Å². The van der Waals surface area contributed by atoms with Gasteiger partial charge in [0.05, 0.1) is 25.4 Å².